The van der Waals surface area contributed by atoms with Crippen LogP contribution >= 0.6 is 11.3 Å². The Morgan fingerprint density at radius 2 is 1.86 bits per heavy atom. The maximum atomic E-state index is 12.9. The fourth-order valence-corrected chi connectivity index (χ4v) is 2.99. The first-order chi connectivity index (χ1) is 10.5. The SMILES string of the molecule is CCN(CCC(=O)O)C(=O)c1ccc(-c2ccc(F)cc2)s1. The summed E-state index contributed by atoms with van der Waals surface area (Å²) in [5, 5.41) is 8.72. The lowest BCUT2D eigenvalue weighted by Gasteiger charge is -2.18. The zero-order valence-electron chi connectivity index (χ0n) is 12.1. The van der Waals surface area contributed by atoms with E-state index < -0.39 is 5.97 Å². The van der Waals surface area contributed by atoms with Crippen LogP contribution < -0.4 is 0 Å². The number of hydrogen-bond donors (Lipinski definition) is 1. The fourth-order valence-electron chi connectivity index (χ4n) is 2.01. The van der Waals surface area contributed by atoms with Crippen molar-refractivity contribution in [2.75, 3.05) is 13.1 Å². The number of rotatable bonds is 6. The number of aliphatic carboxylic acids is 1. The number of amides is 1. The second-order valence-corrected chi connectivity index (χ2v) is 5.78. The molecule has 2 rings (SSSR count). The number of carboxylic acids is 1. The molecular formula is C16H16FNO3S. The molecule has 1 aromatic carbocycles. The normalized spacial score (nSPS) is 10.5. The second-order valence-electron chi connectivity index (χ2n) is 4.70. The lowest BCUT2D eigenvalue weighted by Crippen LogP contribution is -2.32. The van der Waals surface area contributed by atoms with E-state index in [1.54, 1.807) is 18.2 Å². The van der Waals surface area contributed by atoms with Gasteiger partial charge in [-0.05, 0) is 36.8 Å². The van der Waals surface area contributed by atoms with Crippen LogP contribution in [-0.4, -0.2) is 35.0 Å². The third kappa shape index (κ3) is 3.92. The van der Waals surface area contributed by atoms with E-state index in [1.165, 1.54) is 28.4 Å². The van der Waals surface area contributed by atoms with Gasteiger partial charge in [0.2, 0.25) is 0 Å². The van der Waals surface area contributed by atoms with Gasteiger partial charge in [0.25, 0.3) is 5.91 Å². The van der Waals surface area contributed by atoms with Crippen LogP contribution in [-0.2, 0) is 4.79 Å². The molecule has 116 valence electrons. The minimum atomic E-state index is -0.926. The van der Waals surface area contributed by atoms with Gasteiger partial charge in [-0.1, -0.05) is 12.1 Å². The molecule has 4 nitrogen and oxygen atoms in total. The Morgan fingerprint density at radius 1 is 1.18 bits per heavy atom. The standard InChI is InChI=1S/C16H16FNO3S/c1-2-18(10-9-15(19)20)16(21)14-8-7-13(22-14)11-3-5-12(17)6-4-11/h3-8H,2,9-10H2,1H3,(H,19,20). The van der Waals surface area contributed by atoms with Crippen LogP contribution in [0.2, 0.25) is 0 Å². The van der Waals surface area contributed by atoms with Gasteiger partial charge >= 0.3 is 5.97 Å². The van der Waals surface area contributed by atoms with E-state index >= 15 is 0 Å². The van der Waals surface area contributed by atoms with Crippen molar-refractivity contribution in [1.29, 1.82) is 0 Å². The number of hydrogen-bond acceptors (Lipinski definition) is 3. The Bertz CT molecular complexity index is 666. The van der Waals surface area contributed by atoms with Crippen LogP contribution in [0.25, 0.3) is 10.4 Å². The molecule has 2 aromatic rings. The Labute approximate surface area is 131 Å². The summed E-state index contributed by atoms with van der Waals surface area (Å²) in [6.45, 7) is 2.46. The summed E-state index contributed by atoms with van der Waals surface area (Å²) < 4.78 is 12.9. The van der Waals surface area contributed by atoms with Crippen molar-refractivity contribution in [2.24, 2.45) is 0 Å². The third-order valence-electron chi connectivity index (χ3n) is 3.21. The highest BCUT2D eigenvalue weighted by molar-refractivity contribution is 7.17. The lowest BCUT2D eigenvalue weighted by molar-refractivity contribution is -0.137. The van der Waals surface area contributed by atoms with Gasteiger partial charge in [-0.15, -0.1) is 11.3 Å². The largest absolute Gasteiger partial charge is 0.481 e. The Hall–Kier alpha value is -2.21. The molecule has 1 N–H and O–H groups in total. The van der Waals surface area contributed by atoms with Crippen molar-refractivity contribution in [3.8, 4) is 10.4 Å². The predicted molar refractivity (Wildman–Crippen MR) is 83.5 cm³/mol. The van der Waals surface area contributed by atoms with E-state index in [1.807, 2.05) is 13.0 Å². The zero-order chi connectivity index (χ0) is 16.1. The molecule has 0 unspecified atom stereocenters. The minimum absolute atomic E-state index is 0.0736. The smallest absolute Gasteiger partial charge is 0.305 e. The molecule has 0 atom stereocenters. The van der Waals surface area contributed by atoms with E-state index in [9.17, 15) is 14.0 Å². The van der Waals surface area contributed by atoms with Crippen LogP contribution in [0.1, 0.15) is 23.0 Å². The van der Waals surface area contributed by atoms with E-state index in [0.29, 0.717) is 11.4 Å². The Balaban J connectivity index is 2.14. The average molecular weight is 321 g/mol. The van der Waals surface area contributed by atoms with Crippen molar-refractivity contribution in [3.63, 3.8) is 0 Å². The topological polar surface area (TPSA) is 57.6 Å². The monoisotopic (exact) mass is 321 g/mol. The first-order valence-corrected chi connectivity index (χ1v) is 7.69. The lowest BCUT2D eigenvalue weighted by atomic mass is 10.2. The summed E-state index contributed by atoms with van der Waals surface area (Å²) in [5.74, 6) is -1.41. The second kappa shape index (κ2) is 7.17. The van der Waals surface area contributed by atoms with Crippen molar-refractivity contribution in [2.45, 2.75) is 13.3 Å². The molecule has 0 aliphatic carbocycles. The van der Waals surface area contributed by atoms with Crippen LogP contribution in [0.4, 0.5) is 4.39 Å². The van der Waals surface area contributed by atoms with Crippen molar-refractivity contribution < 1.29 is 19.1 Å². The van der Waals surface area contributed by atoms with E-state index in [2.05, 4.69) is 0 Å². The highest BCUT2D eigenvalue weighted by Crippen LogP contribution is 2.29. The number of benzene rings is 1. The molecule has 1 amide bonds. The van der Waals surface area contributed by atoms with E-state index in [-0.39, 0.29) is 24.7 Å². The number of carbonyl (C=O) groups excluding carboxylic acids is 1. The first kappa shape index (κ1) is 16.2. The first-order valence-electron chi connectivity index (χ1n) is 6.88. The number of carboxylic acid groups (broad SMARTS) is 1. The number of halogens is 1. The molecule has 0 fully saturated rings. The summed E-state index contributed by atoms with van der Waals surface area (Å²) in [6.07, 6.45) is -0.0736. The molecule has 1 aromatic heterocycles. The van der Waals surface area contributed by atoms with Gasteiger partial charge in [0.1, 0.15) is 5.82 Å². The maximum Gasteiger partial charge on any atom is 0.305 e. The van der Waals surface area contributed by atoms with Gasteiger partial charge in [-0.25, -0.2) is 4.39 Å². The highest BCUT2D eigenvalue weighted by Gasteiger charge is 2.17. The maximum absolute atomic E-state index is 12.9. The predicted octanol–water partition coefficient (Wildman–Crippen LogP) is 3.49. The molecule has 0 saturated carbocycles. The van der Waals surface area contributed by atoms with Gasteiger partial charge in [0, 0.05) is 18.0 Å². The van der Waals surface area contributed by atoms with Gasteiger partial charge in [0.05, 0.1) is 11.3 Å². The van der Waals surface area contributed by atoms with Crippen molar-refractivity contribution in [1.82, 2.24) is 4.90 Å². The third-order valence-corrected chi connectivity index (χ3v) is 4.33. The van der Waals surface area contributed by atoms with E-state index in [4.69, 9.17) is 5.11 Å². The van der Waals surface area contributed by atoms with Crippen molar-refractivity contribution in [3.05, 3.63) is 47.1 Å². The van der Waals surface area contributed by atoms with Gasteiger partial charge in [0.15, 0.2) is 0 Å². The zero-order valence-corrected chi connectivity index (χ0v) is 12.9. The van der Waals surface area contributed by atoms with Crippen LogP contribution in [0.5, 0.6) is 0 Å². The summed E-state index contributed by atoms with van der Waals surface area (Å²) in [7, 11) is 0. The van der Waals surface area contributed by atoms with Gasteiger partial charge < -0.3 is 10.0 Å². The molecule has 0 saturated heterocycles. The molecule has 0 aliphatic heterocycles. The molecule has 22 heavy (non-hydrogen) atoms. The molecule has 0 bridgehead atoms. The molecular weight excluding hydrogens is 305 g/mol. The average Bonchev–Trinajstić information content (AvgIpc) is 2.98. The fraction of sp³-hybridized carbons (Fsp3) is 0.250. The number of thiophene rings is 1. The molecule has 0 aliphatic rings. The van der Waals surface area contributed by atoms with Crippen LogP contribution in [0.15, 0.2) is 36.4 Å². The summed E-state index contributed by atoms with van der Waals surface area (Å²) in [4.78, 5) is 25.9. The molecule has 0 spiro atoms. The van der Waals surface area contributed by atoms with Gasteiger partial charge in [-0.3, -0.25) is 9.59 Å². The van der Waals surface area contributed by atoms with Crippen molar-refractivity contribution >= 4 is 23.2 Å². The van der Waals surface area contributed by atoms with Crippen LogP contribution in [0.3, 0.4) is 0 Å². The Morgan fingerprint density at radius 3 is 2.45 bits per heavy atom. The number of nitrogens with zero attached hydrogens (tertiary/aromatic N) is 1. The quantitative estimate of drug-likeness (QED) is 0.886. The Kier molecular flexibility index (Phi) is 5.27. The molecule has 6 heteroatoms. The summed E-state index contributed by atoms with van der Waals surface area (Å²) in [6, 6.07) is 9.61. The molecule has 0 radical (unpaired) electrons. The summed E-state index contributed by atoms with van der Waals surface area (Å²) >= 11 is 1.32. The van der Waals surface area contributed by atoms with E-state index in [0.717, 1.165) is 10.4 Å². The molecule has 1 heterocycles. The van der Waals surface area contributed by atoms with Crippen LogP contribution in [0, 0.1) is 5.82 Å². The minimum Gasteiger partial charge on any atom is -0.481 e. The van der Waals surface area contributed by atoms with Gasteiger partial charge in [-0.2, -0.15) is 0 Å². The summed E-state index contributed by atoms with van der Waals surface area (Å²) in [5.41, 5.74) is 0.846. The number of carbonyl (C=O) groups is 2. The highest BCUT2D eigenvalue weighted by atomic mass is 32.1.